The first-order valence-electron chi connectivity index (χ1n) is 4.48. The van der Waals surface area contributed by atoms with Crippen molar-refractivity contribution in [2.24, 2.45) is 0 Å². The van der Waals surface area contributed by atoms with Crippen LogP contribution in [-0.2, 0) is 0 Å². The summed E-state index contributed by atoms with van der Waals surface area (Å²) in [6, 6.07) is 0. The van der Waals surface area contributed by atoms with E-state index in [1.165, 1.54) is 16.7 Å². The summed E-state index contributed by atoms with van der Waals surface area (Å²) in [5.41, 5.74) is 3.95. The fourth-order valence-corrected chi connectivity index (χ4v) is 1.03. The maximum absolute atomic E-state index is 3.99. The SMILES string of the molecule is C=C(C=C(C)C)CCC=C(C)C. The Morgan fingerprint density at radius 1 is 1.08 bits per heavy atom. The molecule has 0 fully saturated rings. The Hall–Kier alpha value is -0.780. The maximum Gasteiger partial charge on any atom is -0.0250 e. The van der Waals surface area contributed by atoms with E-state index in [-0.39, 0.29) is 0 Å². The molecule has 12 heavy (non-hydrogen) atoms. The monoisotopic (exact) mass is 164 g/mol. The van der Waals surface area contributed by atoms with E-state index in [1.54, 1.807) is 0 Å². The summed E-state index contributed by atoms with van der Waals surface area (Å²) in [5, 5.41) is 0. The minimum Gasteiger partial charge on any atom is -0.0958 e. The molecule has 0 saturated carbocycles. The van der Waals surface area contributed by atoms with Gasteiger partial charge in [0.25, 0.3) is 0 Å². The largest absolute Gasteiger partial charge is 0.0958 e. The predicted octanol–water partition coefficient (Wildman–Crippen LogP) is 4.26. The second-order valence-corrected chi connectivity index (χ2v) is 3.70. The average molecular weight is 164 g/mol. The molecule has 0 aliphatic heterocycles. The van der Waals surface area contributed by atoms with Gasteiger partial charge in [0.2, 0.25) is 0 Å². The molecule has 0 aromatic heterocycles. The highest BCUT2D eigenvalue weighted by Crippen LogP contribution is 2.08. The zero-order valence-corrected chi connectivity index (χ0v) is 8.78. The van der Waals surface area contributed by atoms with E-state index < -0.39 is 0 Å². The van der Waals surface area contributed by atoms with E-state index in [0.29, 0.717) is 0 Å². The van der Waals surface area contributed by atoms with Crippen molar-refractivity contribution in [2.75, 3.05) is 0 Å². The summed E-state index contributed by atoms with van der Waals surface area (Å²) in [5.74, 6) is 0. The highest BCUT2D eigenvalue weighted by Gasteiger charge is 1.88. The van der Waals surface area contributed by atoms with E-state index >= 15 is 0 Å². The van der Waals surface area contributed by atoms with Crippen molar-refractivity contribution in [3.05, 3.63) is 35.5 Å². The molecule has 0 spiro atoms. The molecule has 0 N–H and O–H groups in total. The van der Waals surface area contributed by atoms with Gasteiger partial charge in [0.15, 0.2) is 0 Å². The van der Waals surface area contributed by atoms with Crippen LogP contribution in [0.1, 0.15) is 40.5 Å². The lowest BCUT2D eigenvalue weighted by Crippen LogP contribution is -1.77. The second-order valence-electron chi connectivity index (χ2n) is 3.70. The third-order valence-corrected chi connectivity index (χ3v) is 1.51. The van der Waals surface area contributed by atoms with Gasteiger partial charge in [-0.2, -0.15) is 0 Å². The van der Waals surface area contributed by atoms with Crippen molar-refractivity contribution in [3.8, 4) is 0 Å². The molecule has 0 saturated heterocycles. The van der Waals surface area contributed by atoms with Crippen LogP contribution in [0.15, 0.2) is 35.5 Å². The Balaban J connectivity index is 3.74. The smallest absolute Gasteiger partial charge is 0.0250 e. The molecule has 0 atom stereocenters. The van der Waals surface area contributed by atoms with Crippen LogP contribution >= 0.6 is 0 Å². The number of allylic oxidation sites excluding steroid dienone is 5. The minimum atomic E-state index is 1.08. The molecule has 0 heterocycles. The molecule has 0 aromatic carbocycles. The summed E-state index contributed by atoms with van der Waals surface area (Å²) < 4.78 is 0. The Labute approximate surface area is 76.7 Å². The topological polar surface area (TPSA) is 0 Å². The fraction of sp³-hybridized carbons (Fsp3) is 0.500. The number of hydrogen-bond donors (Lipinski definition) is 0. The van der Waals surface area contributed by atoms with E-state index in [2.05, 4.69) is 46.4 Å². The van der Waals surface area contributed by atoms with Gasteiger partial charge >= 0.3 is 0 Å². The van der Waals surface area contributed by atoms with Crippen LogP contribution in [0.3, 0.4) is 0 Å². The summed E-state index contributed by atoms with van der Waals surface area (Å²) in [6.45, 7) is 12.4. The lowest BCUT2D eigenvalue weighted by molar-refractivity contribution is 0.994. The van der Waals surface area contributed by atoms with Gasteiger partial charge < -0.3 is 0 Å². The zero-order chi connectivity index (χ0) is 9.56. The lowest BCUT2D eigenvalue weighted by atomic mass is 10.1. The second kappa shape index (κ2) is 5.82. The first-order valence-corrected chi connectivity index (χ1v) is 4.48. The Bertz CT molecular complexity index is 196. The van der Waals surface area contributed by atoms with Gasteiger partial charge in [0.1, 0.15) is 0 Å². The summed E-state index contributed by atoms with van der Waals surface area (Å²) >= 11 is 0. The molecule has 0 unspecified atom stereocenters. The van der Waals surface area contributed by atoms with Crippen LogP contribution in [-0.4, -0.2) is 0 Å². The van der Waals surface area contributed by atoms with Gasteiger partial charge in [0, 0.05) is 0 Å². The Kier molecular flexibility index (Phi) is 5.44. The molecule has 0 nitrogen and oxygen atoms in total. The standard InChI is InChI=1S/C12H20/c1-10(2)7-6-8-12(5)9-11(3)4/h7,9H,5-6,8H2,1-4H3. The molecule has 0 rings (SSSR count). The molecule has 0 amide bonds. The van der Waals surface area contributed by atoms with Crippen molar-refractivity contribution < 1.29 is 0 Å². The molecule has 0 heteroatoms. The zero-order valence-electron chi connectivity index (χ0n) is 8.78. The van der Waals surface area contributed by atoms with Crippen LogP contribution in [0.2, 0.25) is 0 Å². The average Bonchev–Trinajstić information content (AvgIpc) is 1.84. The van der Waals surface area contributed by atoms with Crippen molar-refractivity contribution in [1.82, 2.24) is 0 Å². The van der Waals surface area contributed by atoms with Crippen molar-refractivity contribution >= 4 is 0 Å². The third kappa shape index (κ3) is 7.33. The quantitative estimate of drug-likeness (QED) is 0.430. The van der Waals surface area contributed by atoms with Crippen LogP contribution in [0, 0.1) is 0 Å². The first-order chi connectivity index (χ1) is 5.52. The molecule has 0 bridgehead atoms. The van der Waals surface area contributed by atoms with Gasteiger partial charge in [-0.05, 0) is 40.5 Å². The van der Waals surface area contributed by atoms with Gasteiger partial charge in [-0.3, -0.25) is 0 Å². The normalized spacial score (nSPS) is 9.00. The molecule has 0 aromatic rings. The summed E-state index contributed by atoms with van der Waals surface area (Å²) in [7, 11) is 0. The van der Waals surface area contributed by atoms with Gasteiger partial charge in [-0.1, -0.05) is 35.5 Å². The van der Waals surface area contributed by atoms with Crippen molar-refractivity contribution in [1.29, 1.82) is 0 Å². The third-order valence-electron chi connectivity index (χ3n) is 1.51. The molecule has 0 aliphatic carbocycles. The van der Waals surface area contributed by atoms with Crippen molar-refractivity contribution in [3.63, 3.8) is 0 Å². The fourth-order valence-electron chi connectivity index (χ4n) is 1.03. The number of rotatable bonds is 4. The van der Waals surface area contributed by atoms with E-state index in [4.69, 9.17) is 0 Å². The van der Waals surface area contributed by atoms with Crippen LogP contribution in [0.5, 0.6) is 0 Å². The maximum atomic E-state index is 3.99. The van der Waals surface area contributed by atoms with E-state index in [0.717, 1.165) is 12.8 Å². The minimum absolute atomic E-state index is 1.08. The van der Waals surface area contributed by atoms with Gasteiger partial charge in [0.05, 0.1) is 0 Å². The van der Waals surface area contributed by atoms with Crippen LogP contribution in [0.25, 0.3) is 0 Å². The highest BCUT2D eigenvalue weighted by atomic mass is 13.9. The molecular weight excluding hydrogens is 144 g/mol. The first kappa shape index (κ1) is 11.2. The Morgan fingerprint density at radius 3 is 2.08 bits per heavy atom. The predicted molar refractivity (Wildman–Crippen MR) is 57.2 cm³/mol. The van der Waals surface area contributed by atoms with Crippen molar-refractivity contribution in [2.45, 2.75) is 40.5 Å². The van der Waals surface area contributed by atoms with E-state index in [1.807, 2.05) is 0 Å². The van der Waals surface area contributed by atoms with Crippen LogP contribution < -0.4 is 0 Å². The van der Waals surface area contributed by atoms with Crippen LogP contribution in [0.4, 0.5) is 0 Å². The Morgan fingerprint density at radius 2 is 1.67 bits per heavy atom. The lowest BCUT2D eigenvalue weighted by Gasteiger charge is -1.97. The molecule has 68 valence electrons. The molecule has 0 aliphatic rings. The van der Waals surface area contributed by atoms with E-state index in [9.17, 15) is 0 Å². The number of hydrogen-bond acceptors (Lipinski definition) is 0. The van der Waals surface area contributed by atoms with Gasteiger partial charge in [-0.25, -0.2) is 0 Å². The summed E-state index contributed by atoms with van der Waals surface area (Å²) in [6.07, 6.45) is 6.60. The van der Waals surface area contributed by atoms with Gasteiger partial charge in [-0.15, -0.1) is 0 Å². The molecule has 0 radical (unpaired) electrons. The summed E-state index contributed by atoms with van der Waals surface area (Å²) in [4.78, 5) is 0. The molecular formula is C12H20. The highest BCUT2D eigenvalue weighted by molar-refractivity contribution is 5.18.